The molecule has 0 aliphatic heterocycles. The van der Waals surface area contributed by atoms with Crippen LogP contribution in [0, 0.1) is 27.7 Å². The van der Waals surface area contributed by atoms with Crippen LogP contribution < -0.4 is 9.64 Å². The van der Waals surface area contributed by atoms with Crippen molar-refractivity contribution in [1.82, 2.24) is 4.31 Å². The van der Waals surface area contributed by atoms with E-state index >= 15 is 0 Å². The van der Waals surface area contributed by atoms with Crippen molar-refractivity contribution < 1.29 is 27.5 Å². The Morgan fingerprint density at radius 3 is 2.02 bits per heavy atom. The largest absolute Gasteiger partial charge is 0.493 e. The Morgan fingerprint density at radius 1 is 0.795 bits per heavy atom. The van der Waals surface area contributed by atoms with E-state index in [1.54, 1.807) is 32.0 Å². The van der Waals surface area contributed by atoms with Crippen LogP contribution in [0.5, 0.6) is 5.75 Å². The van der Waals surface area contributed by atoms with E-state index in [9.17, 15) is 18.0 Å². The summed E-state index contributed by atoms with van der Waals surface area (Å²) >= 11 is 0. The zero-order chi connectivity index (χ0) is 32.4. The summed E-state index contributed by atoms with van der Waals surface area (Å²) in [5, 5.41) is 0. The topological polar surface area (TPSA) is 93.2 Å². The van der Waals surface area contributed by atoms with Gasteiger partial charge in [0, 0.05) is 18.8 Å². The lowest BCUT2D eigenvalue weighted by atomic mass is 10.1. The summed E-state index contributed by atoms with van der Waals surface area (Å²) in [4.78, 5) is 28.6. The smallest absolute Gasteiger partial charge is 0.341 e. The van der Waals surface area contributed by atoms with Crippen molar-refractivity contribution in [1.29, 1.82) is 0 Å². The van der Waals surface area contributed by atoms with Gasteiger partial charge in [0.25, 0.3) is 0 Å². The molecular formula is C35H46N2O6S. The molecule has 3 aromatic carbocycles. The fraction of sp³-hybridized carbons (Fsp3) is 0.429. The highest BCUT2D eigenvalue weighted by Crippen LogP contribution is 2.30. The molecule has 9 heteroatoms. The molecule has 3 rings (SSSR count). The number of hydrogen-bond donors (Lipinski definition) is 0. The van der Waals surface area contributed by atoms with Crippen LogP contribution in [0.4, 0.5) is 5.69 Å². The molecule has 0 atom stereocenters. The molecule has 0 aromatic heterocycles. The van der Waals surface area contributed by atoms with Gasteiger partial charge in [0.15, 0.2) is 0 Å². The Morgan fingerprint density at radius 2 is 1.41 bits per heavy atom. The number of rotatable bonds is 15. The summed E-state index contributed by atoms with van der Waals surface area (Å²) in [6.45, 7) is 12.0. The molecule has 8 nitrogen and oxygen atoms in total. The Bertz CT molecular complexity index is 1530. The second-order valence-corrected chi connectivity index (χ2v) is 13.3. The first-order valence-electron chi connectivity index (χ1n) is 15.2. The van der Waals surface area contributed by atoms with Gasteiger partial charge in [0.1, 0.15) is 11.3 Å². The number of amides is 1. The molecule has 0 bridgehead atoms. The third-order valence-corrected chi connectivity index (χ3v) is 9.49. The van der Waals surface area contributed by atoms with Gasteiger partial charge in [-0.2, -0.15) is 4.31 Å². The molecule has 238 valence electrons. The number of likely N-dealkylation sites (N-methyl/N-ethyl adjacent to an activating group) is 1. The minimum atomic E-state index is -3.96. The monoisotopic (exact) mass is 622 g/mol. The Labute approximate surface area is 263 Å². The predicted octanol–water partition coefficient (Wildman–Crippen LogP) is 6.91. The van der Waals surface area contributed by atoms with Crippen LogP contribution in [0.15, 0.2) is 59.5 Å². The highest BCUT2D eigenvalue weighted by molar-refractivity contribution is 7.89. The highest BCUT2D eigenvalue weighted by atomic mass is 32.2. The average molecular weight is 623 g/mol. The number of nitrogens with zero attached hydrogens (tertiary/aromatic N) is 2. The number of sulfonamides is 1. The number of benzene rings is 3. The first-order valence-corrected chi connectivity index (χ1v) is 16.7. The van der Waals surface area contributed by atoms with Gasteiger partial charge in [-0.05, 0) is 69.4 Å². The number of aryl methyl sites for hydroxylation is 4. The highest BCUT2D eigenvalue weighted by Gasteiger charge is 2.29. The maximum absolute atomic E-state index is 14.0. The summed E-state index contributed by atoms with van der Waals surface area (Å²) in [6.07, 6.45) is 3.36. The summed E-state index contributed by atoms with van der Waals surface area (Å²) < 4.78 is 40.0. The summed E-state index contributed by atoms with van der Waals surface area (Å²) in [6, 6.07) is 16.4. The van der Waals surface area contributed by atoms with Gasteiger partial charge in [0.2, 0.25) is 15.9 Å². The summed E-state index contributed by atoms with van der Waals surface area (Å²) in [5.41, 5.74) is 4.96. The maximum Gasteiger partial charge on any atom is 0.341 e. The molecule has 0 N–H and O–H groups in total. The molecule has 0 aliphatic rings. The maximum atomic E-state index is 14.0. The van der Waals surface area contributed by atoms with Crippen LogP contribution in [-0.4, -0.2) is 51.4 Å². The minimum Gasteiger partial charge on any atom is -0.493 e. The van der Waals surface area contributed by atoms with Gasteiger partial charge < -0.3 is 14.4 Å². The quantitative estimate of drug-likeness (QED) is 0.135. The average Bonchev–Trinajstić information content (AvgIpc) is 2.96. The van der Waals surface area contributed by atoms with Gasteiger partial charge in [-0.1, -0.05) is 74.2 Å². The van der Waals surface area contributed by atoms with E-state index in [2.05, 4.69) is 0 Å². The number of hydrogen-bond acceptors (Lipinski definition) is 6. The van der Waals surface area contributed by atoms with Gasteiger partial charge in [0.05, 0.1) is 31.2 Å². The third kappa shape index (κ3) is 8.92. The molecule has 3 aromatic rings. The number of anilines is 1. The van der Waals surface area contributed by atoms with Crippen LogP contribution in [0.25, 0.3) is 0 Å². The number of esters is 1. The lowest BCUT2D eigenvalue weighted by Gasteiger charge is -2.27. The second-order valence-electron chi connectivity index (χ2n) is 11.3. The fourth-order valence-electron chi connectivity index (χ4n) is 4.97. The van der Waals surface area contributed by atoms with Gasteiger partial charge in [-0.25, -0.2) is 13.2 Å². The standard InChI is InChI=1S/C35H46N2O6S/c1-8-10-18-42-32-22-30(16-17-31(32)35(39)43-19-11-9-2)37(23-29-14-12-25(3)13-15-29)33(38)24-36(7)44(40,41)34-27(5)20-26(4)21-28(34)6/h12-17,20-22H,8-11,18-19,23-24H2,1-7H3. The Balaban J connectivity index is 2.00. The Hall–Kier alpha value is -3.69. The van der Waals surface area contributed by atoms with Crippen LogP contribution in [0.3, 0.4) is 0 Å². The van der Waals surface area contributed by atoms with Crippen molar-refractivity contribution in [3.05, 3.63) is 88.0 Å². The zero-order valence-corrected chi connectivity index (χ0v) is 27.9. The normalized spacial score (nSPS) is 11.5. The SMILES string of the molecule is CCCCOC(=O)c1ccc(N(Cc2ccc(C)cc2)C(=O)CN(C)S(=O)(=O)c2c(C)cc(C)cc2C)cc1OCCCC. The lowest BCUT2D eigenvalue weighted by Crippen LogP contribution is -2.41. The molecule has 0 spiro atoms. The van der Waals surface area contributed by atoms with E-state index in [4.69, 9.17) is 9.47 Å². The molecule has 1 amide bonds. The van der Waals surface area contributed by atoms with Crippen molar-refractivity contribution >= 4 is 27.6 Å². The number of ether oxygens (including phenoxy) is 2. The van der Waals surface area contributed by atoms with Crippen molar-refractivity contribution in [3.8, 4) is 5.75 Å². The van der Waals surface area contributed by atoms with Gasteiger partial charge in [-0.3, -0.25) is 4.79 Å². The van der Waals surface area contributed by atoms with E-state index in [1.807, 2.05) is 64.1 Å². The van der Waals surface area contributed by atoms with Crippen LogP contribution in [0.1, 0.15) is 77.7 Å². The minimum absolute atomic E-state index is 0.199. The molecule has 0 fully saturated rings. The second kappa shape index (κ2) is 15.9. The molecule has 44 heavy (non-hydrogen) atoms. The van der Waals surface area contributed by atoms with Crippen LogP contribution >= 0.6 is 0 Å². The Kier molecular flexibility index (Phi) is 12.5. The first-order chi connectivity index (χ1) is 20.9. The van der Waals surface area contributed by atoms with Crippen molar-refractivity contribution in [2.24, 2.45) is 0 Å². The molecular weight excluding hydrogens is 576 g/mol. The van der Waals surface area contributed by atoms with Gasteiger partial charge in [-0.15, -0.1) is 0 Å². The van der Waals surface area contributed by atoms with Crippen molar-refractivity contribution in [3.63, 3.8) is 0 Å². The van der Waals surface area contributed by atoms with E-state index in [-0.39, 0.29) is 23.5 Å². The van der Waals surface area contributed by atoms with Gasteiger partial charge >= 0.3 is 5.97 Å². The lowest BCUT2D eigenvalue weighted by molar-refractivity contribution is -0.118. The summed E-state index contributed by atoms with van der Waals surface area (Å²) in [7, 11) is -2.54. The summed E-state index contributed by atoms with van der Waals surface area (Å²) in [5.74, 6) is -0.578. The number of unbranched alkanes of at least 4 members (excludes halogenated alkanes) is 2. The molecule has 0 saturated carbocycles. The number of carbonyl (C=O) groups excluding carboxylic acids is 2. The van der Waals surface area contributed by atoms with Crippen LogP contribution in [0.2, 0.25) is 0 Å². The molecule has 0 unspecified atom stereocenters. The van der Waals surface area contributed by atoms with E-state index < -0.39 is 21.9 Å². The predicted molar refractivity (Wildman–Crippen MR) is 175 cm³/mol. The molecule has 0 radical (unpaired) electrons. The molecule has 0 saturated heterocycles. The van der Waals surface area contributed by atoms with Crippen LogP contribution in [-0.2, 0) is 26.1 Å². The van der Waals surface area contributed by atoms with E-state index in [0.717, 1.165) is 46.7 Å². The van der Waals surface area contributed by atoms with Crippen molar-refractivity contribution in [2.45, 2.75) is 78.7 Å². The zero-order valence-electron chi connectivity index (χ0n) is 27.1. The first kappa shape index (κ1) is 34.8. The molecule has 0 aliphatic carbocycles. The third-order valence-electron chi connectivity index (χ3n) is 7.38. The fourth-order valence-corrected chi connectivity index (χ4v) is 6.49. The number of carbonyl (C=O) groups is 2. The molecule has 0 heterocycles. The van der Waals surface area contributed by atoms with Crippen molar-refractivity contribution in [2.75, 3.05) is 31.7 Å². The van der Waals surface area contributed by atoms with E-state index in [0.29, 0.717) is 35.8 Å². The van der Waals surface area contributed by atoms with E-state index in [1.165, 1.54) is 11.9 Å².